The molecule has 2 aromatic rings. The molecule has 1 aromatic carbocycles. The maximum Gasteiger partial charge on any atom is 0.241 e. The Morgan fingerprint density at radius 1 is 1.56 bits per heavy atom. The van der Waals surface area contributed by atoms with Crippen LogP contribution in [0.5, 0.6) is 0 Å². The average molecular weight is 244 g/mol. The Kier molecular flexibility index (Phi) is 3.74. The van der Waals surface area contributed by atoms with Gasteiger partial charge in [0.05, 0.1) is 12.4 Å². The molecule has 2 rings (SSSR count). The monoisotopic (exact) mass is 244 g/mol. The zero-order chi connectivity index (χ0) is 13.0. The van der Waals surface area contributed by atoms with E-state index in [0.29, 0.717) is 6.42 Å². The van der Waals surface area contributed by atoms with Gasteiger partial charge >= 0.3 is 0 Å². The summed E-state index contributed by atoms with van der Waals surface area (Å²) in [6, 6.07) is 7.02. The minimum Gasteiger partial charge on any atom is -0.348 e. The highest BCUT2D eigenvalue weighted by Gasteiger charge is 2.14. The molecule has 0 spiro atoms. The van der Waals surface area contributed by atoms with E-state index in [-0.39, 0.29) is 5.91 Å². The third kappa shape index (κ3) is 3.18. The Hall–Kier alpha value is -2.14. The zero-order valence-electron chi connectivity index (χ0n) is 10.2. The van der Waals surface area contributed by atoms with Crippen molar-refractivity contribution >= 4 is 11.6 Å². The smallest absolute Gasteiger partial charge is 0.241 e. The predicted molar refractivity (Wildman–Crippen MR) is 70.1 cm³/mol. The van der Waals surface area contributed by atoms with Gasteiger partial charge in [0.1, 0.15) is 0 Å². The van der Waals surface area contributed by atoms with Crippen molar-refractivity contribution in [3.8, 4) is 0 Å². The summed E-state index contributed by atoms with van der Waals surface area (Å²) in [5.74, 6) is -0.199. The quantitative estimate of drug-likeness (QED) is 0.756. The predicted octanol–water partition coefficient (Wildman–Crippen LogP) is 1.23. The van der Waals surface area contributed by atoms with Crippen molar-refractivity contribution in [2.75, 3.05) is 5.32 Å². The van der Waals surface area contributed by atoms with E-state index in [1.807, 2.05) is 31.2 Å². The molecule has 0 saturated heterocycles. The van der Waals surface area contributed by atoms with Gasteiger partial charge in [-0.05, 0) is 24.6 Å². The number of hydrogen-bond acceptors (Lipinski definition) is 3. The van der Waals surface area contributed by atoms with Gasteiger partial charge in [-0.2, -0.15) is 0 Å². The van der Waals surface area contributed by atoms with E-state index in [0.717, 1.165) is 16.9 Å². The van der Waals surface area contributed by atoms with E-state index in [2.05, 4.69) is 15.3 Å². The van der Waals surface area contributed by atoms with Crippen LogP contribution in [0.3, 0.4) is 0 Å². The SMILES string of the molecule is Cc1cccc(NC(=O)[C@@H](N)Cc2cnc[nH]2)c1. The summed E-state index contributed by atoms with van der Waals surface area (Å²) in [5, 5.41) is 2.80. The van der Waals surface area contributed by atoms with Gasteiger partial charge in [0.15, 0.2) is 0 Å². The van der Waals surface area contributed by atoms with Crippen molar-refractivity contribution in [2.24, 2.45) is 5.73 Å². The Bertz CT molecular complexity index is 522. The molecule has 1 aromatic heterocycles. The van der Waals surface area contributed by atoms with Gasteiger partial charge in [-0.1, -0.05) is 12.1 Å². The Labute approximate surface area is 105 Å². The van der Waals surface area contributed by atoms with Gasteiger partial charge in [0.25, 0.3) is 0 Å². The van der Waals surface area contributed by atoms with Crippen molar-refractivity contribution in [2.45, 2.75) is 19.4 Å². The maximum absolute atomic E-state index is 11.9. The molecule has 0 aliphatic carbocycles. The Morgan fingerprint density at radius 3 is 3.06 bits per heavy atom. The van der Waals surface area contributed by atoms with Crippen LogP contribution in [-0.2, 0) is 11.2 Å². The van der Waals surface area contributed by atoms with Gasteiger partial charge in [0, 0.05) is 24.0 Å². The maximum atomic E-state index is 11.9. The molecule has 94 valence electrons. The van der Waals surface area contributed by atoms with E-state index in [1.54, 1.807) is 12.5 Å². The first-order valence-electron chi connectivity index (χ1n) is 5.75. The summed E-state index contributed by atoms with van der Waals surface area (Å²) in [7, 11) is 0. The third-order valence-corrected chi connectivity index (χ3v) is 2.62. The van der Waals surface area contributed by atoms with Crippen molar-refractivity contribution in [1.29, 1.82) is 0 Å². The molecule has 0 aliphatic rings. The van der Waals surface area contributed by atoms with Crippen LogP contribution in [0.15, 0.2) is 36.8 Å². The normalized spacial score (nSPS) is 12.1. The molecule has 0 fully saturated rings. The topological polar surface area (TPSA) is 83.8 Å². The number of carbonyl (C=O) groups is 1. The van der Waals surface area contributed by atoms with Crippen molar-refractivity contribution in [3.05, 3.63) is 48.0 Å². The van der Waals surface area contributed by atoms with E-state index in [1.165, 1.54) is 0 Å². The number of imidazole rings is 1. The van der Waals surface area contributed by atoms with Crippen molar-refractivity contribution in [3.63, 3.8) is 0 Å². The van der Waals surface area contributed by atoms with Crippen LogP contribution < -0.4 is 11.1 Å². The number of H-pyrrole nitrogens is 1. The molecule has 0 radical (unpaired) electrons. The molecule has 5 heteroatoms. The highest BCUT2D eigenvalue weighted by molar-refractivity contribution is 5.94. The fraction of sp³-hybridized carbons (Fsp3) is 0.231. The molecule has 1 heterocycles. The third-order valence-electron chi connectivity index (χ3n) is 2.62. The fourth-order valence-corrected chi connectivity index (χ4v) is 1.68. The summed E-state index contributed by atoms with van der Waals surface area (Å²) in [5.41, 5.74) is 8.54. The van der Waals surface area contributed by atoms with E-state index in [4.69, 9.17) is 5.73 Å². The number of aromatic amines is 1. The van der Waals surface area contributed by atoms with Gasteiger partial charge < -0.3 is 16.0 Å². The molecule has 1 atom stereocenters. The van der Waals surface area contributed by atoms with Crippen molar-refractivity contribution < 1.29 is 4.79 Å². The lowest BCUT2D eigenvalue weighted by atomic mass is 10.1. The van der Waals surface area contributed by atoms with Crippen LogP contribution in [0, 0.1) is 6.92 Å². The second-order valence-electron chi connectivity index (χ2n) is 4.25. The number of anilines is 1. The van der Waals surface area contributed by atoms with E-state index >= 15 is 0 Å². The lowest BCUT2D eigenvalue weighted by molar-refractivity contribution is -0.117. The number of aromatic nitrogens is 2. The van der Waals surface area contributed by atoms with Gasteiger partial charge in [-0.3, -0.25) is 4.79 Å². The first-order valence-corrected chi connectivity index (χ1v) is 5.75. The number of rotatable bonds is 4. The summed E-state index contributed by atoms with van der Waals surface area (Å²) < 4.78 is 0. The Morgan fingerprint density at radius 2 is 2.39 bits per heavy atom. The minimum atomic E-state index is -0.592. The molecule has 1 amide bonds. The molecule has 0 saturated carbocycles. The van der Waals surface area contributed by atoms with Crippen LogP contribution in [0.1, 0.15) is 11.3 Å². The van der Waals surface area contributed by atoms with Crippen LogP contribution in [0.4, 0.5) is 5.69 Å². The average Bonchev–Trinajstić information content (AvgIpc) is 2.81. The molecule has 0 bridgehead atoms. The van der Waals surface area contributed by atoms with Crippen molar-refractivity contribution in [1.82, 2.24) is 9.97 Å². The molecule has 5 nitrogen and oxygen atoms in total. The number of benzene rings is 1. The number of nitrogens with zero attached hydrogens (tertiary/aromatic N) is 1. The number of aryl methyl sites for hydroxylation is 1. The number of nitrogens with two attached hydrogens (primary N) is 1. The lowest BCUT2D eigenvalue weighted by Gasteiger charge is -2.11. The molecule has 18 heavy (non-hydrogen) atoms. The van der Waals surface area contributed by atoms with Crippen LogP contribution in [-0.4, -0.2) is 21.9 Å². The zero-order valence-corrected chi connectivity index (χ0v) is 10.2. The largest absolute Gasteiger partial charge is 0.348 e. The summed E-state index contributed by atoms with van der Waals surface area (Å²) in [6.45, 7) is 1.97. The van der Waals surface area contributed by atoms with Crippen LogP contribution in [0.25, 0.3) is 0 Å². The van der Waals surface area contributed by atoms with Gasteiger partial charge in [-0.25, -0.2) is 4.98 Å². The summed E-state index contributed by atoms with van der Waals surface area (Å²) in [6.07, 6.45) is 3.68. The fourth-order valence-electron chi connectivity index (χ4n) is 1.68. The number of nitrogens with one attached hydrogen (secondary N) is 2. The lowest BCUT2D eigenvalue weighted by Crippen LogP contribution is -2.37. The first kappa shape index (κ1) is 12.3. The second-order valence-corrected chi connectivity index (χ2v) is 4.25. The standard InChI is InChI=1S/C13H16N4O/c1-9-3-2-4-10(5-9)17-13(18)12(14)6-11-7-15-8-16-11/h2-5,7-8,12H,6,14H2,1H3,(H,15,16)(H,17,18)/t12-/m0/s1. The highest BCUT2D eigenvalue weighted by atomic mass is 16.2. The Balaban J connectivity index is 1.95. The van der Waals surface area contributed by atoms with Gasteiger partial charge in [-0.15, -0.1) is 0 Å². The highest BCUT2D eigenvalue weighted by Crippen LogP contribution is 2.10. The van der Waals surface area contributed by atoms with Crippen LogP contribution >= 0.6 is 0 Å². The van der Waals surface area contributed by atoms with E-state index in [9.17, 15) is 4.79 Å². The minimum absolute atomic E-state index is 0.199. The summed E-state index contributed by atoms with van der Waals surface area (Å²) >= 11 is 0. The molecular formula is C13H16N4O. The van der Waals surface area contributed by atoms with Crippen LogP contribution in [0.2, 0.25) is 0 Å². The molecule has 0 unspecified atom stereocenters. The summed E-state index contributed by atoms with van der Waals surface area (Å²) in [4.78, 5) is 18.7. The molecule has 4 N–H and O–H groups in total. The molecule has 0 aliphatic heterocycles. The first-order chi connectivity index (χ1) is 8.65. The number of carbonyl (C=O) groups excluding carboxylic acids is 1. The second kappa shape index (κ2) is 5.46. The molecular weight excluding hydrogens is 228 g/mol. The number of hydrogen-bond donors (Lipinski definition) is 3. The number of amides is 1. The van der Waals surface area contributed by atoms with E-state index < -0.39 is 6.04 Å². The van der Waals surface area contributed by atoms with Gasteiger partial charge in [0.2, 0.25) is 5.91 Å².